The maximum Gasteiger partial charge on any atom is 0.337 e. The van der Waals surface area contributed by atoms with Crippen LogP contribution in [-0.2, 0) is 14.9 Å². The van der Waals surface area contributed by atoms with Crippen molar-refractivity contribution in [3.63, 3.8) is 0 Å². The van der Waals surface area contributed by atoms with Crippen LogP contribution in [-0.4, -0.2) is 30.1 Å². The Morgan fingerprint density at radius 3 is 2.44 bits per heavy atom. The van der Waals surface area contributed by atoms with Gasteiger partial charge in [0.05, 0.1) is 12.7 Å². The normalized spacial score (nSPS) is 24.4. The van der Waals surface area contributed by atoms with Crippen molar-refractivity contribution in [2.75, 3.05) is 7.11 Å². The van der Waals surface area contributed by atoms with Crippen molar-refractivity contribution < 1.29 is 28.2 Å². The first-order chi connectivity index (χ1) is 8.35. The van der Waals surface area contributed by atoms with E-state index >= 15 is 0 Å². The van der Waals surface area contributed by atoms with Crippen LogP contribution in [0.4, 0.5) is 8.78 Å². The number of carboxylic acid groups (broad SMARTS) is 1. The summed E-state index contributed by atoms with van der Waals surface area (Å²) in [6.45, 7) is 0. The molecule has 96 valence electrons. The highest BCUT2D eigenvalue weighted by molar-refractivity contribution is 5.92. The lowest BCUT2D eigenvalue weighted by atomic mass is 9.94. The number of carbonyl (C=O) groups is 2. The Labute approximate surface area is 101 Å². The fourth-order valence-electron chi connectivity index (χ4n) is 1.99. The van der Waals surface area contributed by atoms with E-state index in [0.717, 1.165) is 13.2 Å². The predicted octanol–water partition coefficient (Wildman–Crippen LogP) is 1.83. The molecule has 0 saturated heterocycles. The second kappa shape index (κ2) is 3.76. The molecule has 1 saturated carbocycles. The maximum atomic E-state index is 13.3. The average molecular weight is 256 g/mol. The fourth-order valence-corrected chi connectivity index (χ4v) is 1.99. The first kappa shape index (κ1) is 12.5. The molecule has 1 aliphatic carbocycles. The molecule has 0 bridgehead atoms. The van der Waals surface area contributed by atoms with Crippen LogP contribution in [0.5, 0.6) is 0 Å². The molecule has 0 radical (unpaired) electrons. The van der Waals surface area contributed by atoms with Crippen LogP contribution in [0, 0.1) is 0 Å². The number of halogens is 2. The third kappa shape index (κ3) is 1.56. The van der Waals surface area contributed by atoms with Gasteiger partial charge in [-0.2, -0.15) is 0 Å². The van der Waals surface area contributed by atoms with E-state index in [1.807, 2.05) is 0 Å². The van der Waals surface area contributed by atoms with E-state index in [9.17, 15) is 18.4 Å². The zero-order valence-corrected chi connectivity index (χ0v) is 9.44. The number of rotatable bonds is 3. The van der Waals surface area contributed by atoms with Gasteiger partial charge in [0.1, 0.15) is 0 Å². The van der Waals surface area contributed by atoms with Crippen LogP contribution < -0.4 is 0 Å². The molecule has 1 N–H and O–H groups in total. The van der Waals surface area contributed by atoms with Crippen LogP contribution in [0.3, 0.4) is 0 Å². The minimum absolute atomic E-state index is 0.0540. The fraction of sp³-hybridized carbons (Fsp3) is 0.333. The standard InChI is InChI=1S/C12H10F2O4/c1-18-9(15)7-3-2-4-8(5-7)11(10(16)17)6-12(11,13)14/h2-5H,6H2,1H3,(H,16,17). The van der Waals surface area contributed by atoms with Crippen LogP contribution in [0.2, 0.25) is 0 Å². The molecule has 4 nitrogen and oxygen atoms in total. The van der Waals surface area contributed by atoms with Crippen LogP contribution in [0.25, 0.3) is 0 Å². The zero-order chi connectivity index (χ0) is 13.6. The van der Waals surface area contributed by atoms with E-state index in [2.05, 4.69) is 4.74 Å². The van der Waals surface area contributed by atoms with E-state index in [0.29, 0.717) is 0 Å². The molecule has 0 aliphatic heterocycles. The minimum Gasteiger partial charge on any atom is -0.480 e. The monoisotopic (exact) mass is 256 g/mol. The van der Waals surface area contributed by atoms with Gasteiger partial charge in [0.25, 0.3) is 5.92 Å². The van der Waals surface area contributed by atoms with Crippen molar-refractivity contribution in [1.29, 1.82) is 0 Å². The molecule has 1 fully saturated rings. The van der Waals surface area contributed by atoms with Crippen LogP contribution in [0.15, 0.2) is 24.3 Å². The SMILES string of the molecule is COC(=O)c1cccc(C2(C(=O)O)CC2(F)F)c1. The second-order valence-corrected chi connectivity index (χ2v) is 4.16. The van der Waals surface area contributed by atoms with Gasteiger partial charge in [-0.1, -0.05) is 12.1 Å². The highest BCUT2D eigenvalue weighted by Gasteiger charge is 2.77. The van der Waals surface area contributed by atoms with Gasteiger partial charge in [0.15, 0.2) is 5.41 Å². The van der Waals surface area contributed by atoms with Gasteiger partial charge in [-0.25, -0.2) is 13.6 Å². The number of aliphatic carboxylic acids is 1. The van der Waals surface area contributed by atoms with Crippen molar-refractivity contribution in [3.8, 4) is 0 Å². The van der Waals surface area contributed by atoms with Gasteiger partial charge in [-0.3, -0.25) is 4.79 Å². The van der Waals surface area contributed by atoms with E-state index < -0.39 is 29.7 Å². The Hall–Kier alpha value is -1.98. The first-order valence-corrected chi connectivity index (χ1v) is 5.15. The predicted molar refractivity (Wildman–Crippen MR) is 56.7 cm³/mol. The molecule has 0 aromatic heterocycles. The number of ether oxygens (including phenoxy) is 1. The summed E-state index contributed by atoms with van der Waals surface area (Å²) in [5.41, 5.74) is -2.24. The molecular weight excluding hydrogens is 246 g/mol. The Morgan fingerprint density at radius 1 is 1.39 bits per heavy atom. The van der Waals surface area contributed by atoms with Gasteiger partial charge in [0.2, 0.25) is 0 Å². The lowest BCUT2D eigenvalue weighted by Gasteiger charge is -2.12. The Morgan fingerprint density at radius 2 is 2.00 bits per heavy atom. The van der Waals surface area contributed by atoms with Crippen LogP contribution in [0.1, 0.15) is 22.3 Å². The van der Waals surface area contributed by atoms with E-state index in [1.54, 1.807) is 0 Å². The third-order valence-electron chi connectivity index (χ3n) is 3.13. The summed E-state index contributed by atoms with van der Waals surface area (Å²) in [4.78, 5) is 22.3. The smallest absolute Gasteiger partial charge is 0.337 e. The quantitative estimate of drug-likeness (QED) is 0.838. The van der Waals surface area contributed by atoms with Gasteiger partial charge in [-0.15, -0.1) is 0 Å². The van der Waals surface area contributed by atoms with Crippen molar-refractivity contribution in [2.24, 2.45) is 0 Å². The van der Waals surface area contributed by atoms with Crippen molar-refractivity contribution in [1.82, 2.24) is 0 Å². The van der Waals surface area contributed by atoms with Crippen molar-refractivity contribution in [2.45, 2.75) is 17.8 Å². The minimum atomic E-state index is -3.28. The Kier molecular flexibility index (Phi) is 2.61. The number of hydrogen-bond donors (Lipinski definition) is 1. The van der Waals surface area contributed by atoms with Crippen molar-refractivity contribution >= 4 is 11.9 Å². The number of alkyl halides is 2. The number of carboxylic acids is 1. The number of carbonyl (C=O) groups excluding carboxylic acids is 1. The number of esters is 1. The molecule has 18 heavy (non-hydrogen) atoms. The number of methoxy groups -OCH3 is 1. The summed E-state index contributed by atoms with van der Waals surface area (Å²) in [5.74, 6) is -5.57. The molecule has 1 atom stereocenters. The van der Waals surface area contributed by atoms with E-state index in [1.165, 1.54) is 18.2 Å². The largest absolute Gasteiger partial charge is 0.480 e. The summed E-state index contributed by atoms with van der Waals surface area (Å²) in [7, 11) is 1.16. The summed E-state index contributed by atoms with van der Waals surface area (Å²) >= 11 is 0. The van der Waals surface area contributed by atoms with Crippen LogP contribution >= 0.6 is 0 Å². The lowest BCUT2D eigenvalue weighted by molar-refractivity contribution is -0.142. The third-order valence-corrected chi connectivity index (χ3v) is 3.13. The lowest BCUT2D eigenvalue weighted by Crippen LogP contribution is -2.27. The van der Waals surface area contributed by atoms with Gasteiger partial charge < -0.3 is 9.84 Å². The molecule has 0 spiro atoms. The molecule has 1 aromatic carbocycles. The summed E-state index contributed by atoms with van der Waals surface area (Å²) < 4.78 is 31.1. The maximum absolute atomic E-state index is 13.3. The van der Waals surface area contributed by atoms with Crippen molar-refractivity contribution in [3.05, 3.63) is 35.4 Å². The first-order valence-electron chi connectivity index (χ1n) is 5.15. The Bertz CT molecular complexity index is 527. The molecule has 1 unspecified atom stereocenters. The van der Waals surface area contributed by atoms with Gasteiger partial charge in [-0.05, 0) is 17.7 Å². The number of hydrogen-bond acceptors (Lipinski definition) is 3. The zero-order valence-electron chi connectivity index (χ0n) is 9.44. The molecule has 6 heteroatoms. The molecule has 2 rings (SSSR count). The van der Waals surface area contributed by atoms with E-state index in [4.69, 9.17) is 5.11 Å². The van der Waals surface area contributed by atoms with Gasteiger partial charge in [0, 0.05) is 6.42 Å². The summed E-state index contributed by atoms with van der Waals surface area (Å²) in [6, 6.07) is 5.16. The highest BCUT2D eigenvalue weighted by Crippen LogP contribution is 2.61. The van der Waals surface area contributed by atoms with Gasteiger partial charge >= 0.3 is 11.9 Å². The molecule has 1 aromatic rings. The Balaban J connectivity index is 2.46. The average Bonchev–Trinajstić information content (AvgIpc) is 2.93. The second-order valence-electron chi connectivity index (χ2n) is 4.16. The topological polar surface area (TPSA) is 63.6 Å². The highest BCUT2D eigenvalue weighted by atomic mass is 19.3. The molecule has 0 amide bonds. The molecule has 0 heterocycles. The molecule has 1 aliphatic rings. The molecular formula is C12H10F2O4. The summed E-state index contributed by atoms with van der Waals surface area (Å²) in [5, 5.41) is 8.98. The summed E-state index contributed by atoms with van der Waals surface area (Å²) in [6.07, 6.45) is -0.750. The van der Waals surface area contributed by atoms with E-state index in [-0.39, 0.29) is 11.1 Å². The number of benzene rings is 1.